The van der Waals surface area contributed by atoms with Gasteiger partial charge in [-0.1, -0.05) is 13.8 Å². The Morgan fingerprint density at radius 2 is 1.75 bits per heavy atom. The zero-order valence-electron chi connectivity index (χ0n) is 6.89. The van der Waals surface area contributed by atoms with Crippen LogP contribution in [0.25, 0.3) is 0 Å². The van der Waals surface area contributed by atoms with Crippen molar-refractivity contribution < 1.29 is 35.3 Å². The minimum absolute atomic E-state index is 0.362. The summed E-state index contributed by atoms with van der Waals surface area (Å²) in [5.74, 6) is 0.506. The molecular weight excluding hydrogens is 172 g/mol. The Balaban J connectivity index is 2.82. The third-order valence-electron chi connectivity index (χ3n) is 0.940. The number of hydrogen-bond acceptors (Lipinski definition) is 7. The smallest absolute Gasteiger partial charge is 0.0857 e. The summed E-state index contributed by atoms with van der Waals surface area (Å²) in [6.45, 7) is 4.42. The molecule has 1 N–H and O–H groups in total. The van der Waals surface area contributed by atoms with Crippen LogP contribution in [0, 0.1) is 5.92 Å². The molecule has 0 aliphatic heterocycles. The molecule has 0 aromatic heterocycles. The topological polar surface area (TPSA) is 75.6 Å². The van der Waals surface area contributed by atoms with Gasteiger partial charge in [-0.15, -0.1) is 0 Å². The Kier molecular flexibility index (Phi) is 8.61. The summed E-state index contributed by atoms with van der Waals surface area (Å²) in [6, 6.07) is 0. The first-order valence-electron chi connectivity index (χ1n) is 3.37. The Morgan fingerprint density at radius 3 is 2.33 bits per heavy atom. The van der Waals surface area contributed by atoms with Crippen LogP contribution >= 0.6 is 0 Å². The molecule has 0 aliphatic carbocycles. The van der Waals surface area contributed by atoms with E-state index in [1.165, 1.54) is 0 Å². The van der Waals surface area contributed by atoms with Crippen LogP contribution in [0.1, 0.15) is 20.3 Å². The van der Waals surface area contributed by atoms with Crippen molar-refractivity contribution in [1.82, 2.24) is 0 Å². The van der Waals surface area contributed by atoms with Crippen molar-refractivity contribution in [3.63, 3.8) is 0 Å². The number of rotatable bonds is 8. The average Bonchev–Trinajstić information content (AvgIpc) is 2.02. The molecule has 0 saturated heterocycles. The molecule has 0 aliphatic rings. The quantitative estimate of drug-likeness (QED) is 0.344. The SMILES string of the molecule is CC(C)CCOOOOOOO. The highest BCUT2D eigenvalue weighted by Crippen LogP contribution is 1.99. The fraction of sp³-hybridized carbons (Fsp3) is 1.00. The van der Waals surface area contributed by atoms with Gasteiger partial charge in [-0.05, 0) is 37.5 Å². The van der Waals surface area contributed by atoms with Gasteiger partial charge in [0.2, 0.25) is 0 Å². The van der Waals surface area contributed by atoms with Crippen molar-refractivity contribution in [1.29, 1.82) is 0 Å². The van der Waals surface area contributed by atoms with Gasteiger partial charge in [0.1, 0.15) is 0 Å². The summed E-state index contributed by atoms with van der Waals surface area (Å²) in [5, 5.41) is 25.2. The Morgan fingerprint density at radius 1 is 1.08 bits per heavy atom. The molecule has 0 unspecified atom stereocenters. The van der Waals surface area contributed by atoms with Crippen molar-refractivity contribution >= 4 is 0 Å². The molecule has 0 saturated carbocycles. The molecule has 0 atom stereocenters. The average molecular weight is 184 g/mol. The molecule has 0 spiro atoms. The van der Waals surface area contributed by atoms with Crippen LogP contribution in [0.4, 0.5) is 0 Å². The summed E-state index contributed by atoms with van der Waals surface area (Å²) < 4.78 is 0. The van der Waals surface area contributed by atoms with Gasteiger partial charge in [0, 0.05) is 0 Å². The maximum absolute atomic E-state index is 7.52. The molecule has 0 amide bonds. The van der Waals surface area contributed by atoms with Crippen molar-refractivity contribution in [2.24, 2.45) is 5.92 Å². The van der Waals surface area contributed by atoms with E-state index in [1.54, 1.807) is 0 Å². The molecule has 7 nitrogen and oxygen atoms in total. The Labute approximate surface area is 69.3 Å². The molecule has 0 fully saturated rings. The zero-order chi connectivity index (χ0) is 9.23. The van der Waals surface area contributed by atoms with E-state index >= 15 is 0 Å². The van der Waals surface area contributed by atoms with Gasteiger partial charge in [0.25, 0.3) is 0 Å². The monoisotopic (exact) mass is 184 g/mol. The van der Waals surface area contributed by atoms with Crippen LogP contribution in [-0.2, 0) is 30.1 Å². The normalized spacial score (nSPS) is 11.0. The summed E-state index contributed by atoms with van der Waals surface area (Å²) in [4.78, 5) is 4.43. The van der Waals surface area contributed by atoms with Gasteiger partial charge >= 0.3 is 0 Å². The molecule has 0 aromatic carbocycles. The molecule has 0 bridgehead atoms. The van der Waals surface area contributed by atoms with E-state index in [1.807, 2.05) is 13.8 Å². The fourth-order valence-electron chi connectivity index (χ4n) is 0.373. The van der Waals surface area contributed by atoms with Gasteiger partial charge in [0.05, 0.1) is 6.61 Å². The van der Waals surface area contributed by atoms with Gasteiger partial charge < -0.3 is 0 Å². The molecule has 74 valence electrons. The second-order valence-corrected chi connectivity index (χ2v) is 2.35. The largest absolute Gasteiger partial charge is 0.219 e. The summed E-state index contributed by atoms with van der Waals surface area (Å²) >= 11 is 0. The van der Waals surface area contributed by atoms with Crippen LogP contribution in [0.2, 0.25) is 0 Å². The minimum atomic E-state index is 0.362. The molecule has 0 rings (SSSR count). The lowest BCUT2D eigenvalue weighted by atomic mass is 10.1. The molecule has 0 aromatic rings. The highest BCUT2D eigenvalue weighted by Gasteiger charge is 1.95. The third-order valence-corrected chi connectivity index (χ3v) is 0.940. The first kappa shape index (κ1) is 11.7. The summed E-state index contributed by atoms with van der Waals surface area (Å²) in [6.07, 6.45) is 0.820. The van der Waals surface area contributed by atoms with E-state index in [4.69, 9.17) is 5.26 Å². The zero-order valence-corrected chi connectivity index (χ0v) is 6.89. The molecular formula is C5H12O7. The lowest BCUT2D eigenvalue weighted by Crippen LogP contribution is -2.02. The van der Waals surface area contributed by atoms with Crippen molar-refractivity contribution in [2.75, 3.05) is 6.61 Å². The number of hydrogen-bond donors (Lipinski definition) is 1. The second-order valence-electron chi connectivity index (χ2n) is 2.35. The maximum Gasteiger partial charge on any atom is 0.0857 e. The highest BCUT2D eigenvalue weighted by molar-refractivity contribution is 4.39. The third kappa shape index (κ3) is 9.72. The Hall–Kier alpha value is -0.280. The molecule has 7 heteroatoms. The van der Waals surface area contributed by atoms with E-state index in [0.29, 0.717) is 12.5 Å². The van der Waals surface area contributed by atoms with Gasteiger partial charge in [-0.25, -0.2) is 10.1 Å². The van der Waals surface area contributed by atoms with E-state index in [2.05, 4.69) is 30.1 Å². The molecule has 12 heavy (non-hydrogen) atoms. The predicted molar refractivity (Wildman–Crippen MR) is 33.5 cm³/mol. The fourth-order valence-corrected chi connectivity index (χ4v) is 0.373. The van der Waals surface area contributed by atoms with E-state index in [0.717, 1.165) is 6.42 Å². The van der Waals surface area contributed by atoms with Gasteiger partial charge in [0.15, 0.2) is 0 Å². The second kappa shape index (κ2) is 8.81. The van der Waals surface area contributed by atoms with Crippen LogP contribution < -0.4 is 0 Å². The van der Waals surface area contributed by atoms with E-state index < -0.39 is 0 Å². The van der Waals surface area contributed by atoms with Crippen LogP contribution in [0.3, 0.4) is 0 Å². The van der Waals surface area contributed by atoms with E-state index in [-0.39, 0.29) is 0 Å². The first-order chi connectivity index (χ1) is 5.77. The predicted octanol–water partition coefficient (Wildman–Crippen LogP) is 1.18. The van der Waals surface area contributed by atoms with Gasteiger partial charge in [-0.2, -0.15) is 0 Å². The Bertz CT molecular complexity index is 85.9. The molecule has 0 radical (unpaired) electrons. The first-order valence-corrected chi connectivity index (χ1v) is 3.37. The molecule has 0 heterocycles. The lowest BCUT2D eigenvalue weighted by molar-refractivity contribution is -0.787. The van der Waals surface area contributed by atoms with Crippen molar-refractivity contribution in [3.05, 3.63) is 0 Å². The van der Waals surface area contributed by atoms with Crippen LogP contribution in [0.15, 0.2) is 0 Å². The van der Waals surface area contributed by atoms with E-state index in [9.17, 15) is 0 Å². The minimum Gasteiger partial charge on any atom is -0.219 e. The standard InChI is InChI=1S/C5H12O7/c1-5(2)3-4-7-9-11-12-10-8-6/h5-6H,3-4H2,1-2H3. The highest BCUT2D eigenvalue weighted by atomic mass is 17.9. The van der Waals surface area contributed by atoms with Crippen molar-refractivity contribution in [3.8, 4) is 0 Å². The van der Waals surface area contributed by atoms with Gasteiger partial charge in [-0.3, -0.25) is 0 Å². The van der Waals surface area contributed by atoms with Crippen LogP contribution in [-0.4, -0.2) is 11.9 Å². The summed E-state index contributed by atoms with van der Waals surface area (Å²) in [7, 11) is 0. The summed E-state index contributed by atoms with van der Waals surface area (Å²) in [5.41, 5.74) is 0. The van der Waals surface area contributed by atoms with Crippen LogP contribution in [0.5, 0.6) is 0 Å². The van der Waals surface area contributed by atoms with Crippen molar-refractivity contribution in [2.45, 2.75) is 20.3 Å². The lowest BCUT2D eigenvalue weighted by Gasteiger charge is -2.02. The maximum atomic E-state index is 7.52.